The van der Waals surface area contributed by atoms with Crippen LogP contribution in [0.3, 0.4) is 0 Å². The Morgan fingerprint density at radius 1 is 0.871 bits per heavy atom. The van der Waals surface area contributed by atoms with E-state index in [9.17, 15) is 8.42 Å². The summed E-state index contributed by atoms with van der Waals surface area (Å²) in [7, 11) is -3.59. The fraction of sp³-hybridized carbons (Fsp3) is 0.304. The van der Waals surface area contributed by atoms with Gasteiger partial charge in [0.25, 0.3) is 0 Å². The highest BCUT2D eigenvalue weighted by Gasteiger charge is 2.32. The molecule has 164 valence electrons. The monoisotopic (exact) mass is 477 g/mol. The van der Waals surface area contributed by atoms with E-state index in [1.54, 1.807) is 19.9 Å². The van der Waals surface area contributed by atoms with E-state index in [2.05, 4.69) is 26.9 Å². The van der Waals surface area contributed by atoms with Crippen LogP contribution in [0.15, 0.2) is 59.6 Å². The Balaban J connectivity index is 1.74. The van der Waals surface area contributed by atoms with Crippen molar-refractivity contribution in [2.75, 3.05) is 36.0 Å². The highest BCUT2D eigenvalue weighted by Crippen LogP contribution is 2.44. The number of anilines is 2. The van der Waals surface area contributed by atoms with Crippen LogP contribution in [-0.2, 0) is 9.84 Å². The van der Waals surface area contributed by atoms with Crippen molar-refractivity contribution >= 4 is 44.5 Å². The molecule has 0 saturated carbocycles. The van der Waals surface area contributed by atoms with E-state index in [0.717, 1.165) is 31.7 Å². The molecule has 0 bridgehead atoms. The molecule has 3 aromatic rings. The number of piperazine rings is 1. The summed E-state index contributed by atoms with van der Waals surface area (Å²) >= 11 is 13.2. The van der Waals surface area contributed by atoms with E-state index >= 15 is 0 Å². The number of nitrogens with zero attached hydrogens (tertiary/aromatic N) is 2. The first-order valence-corrected chi connectivity index (χ1v) is 12.6. The Morgan fingerprint density at radius 2 is 1.45 bits per heavy atom. The van der Waals surface area contributed by atoms with Gasteiger partial charge in [-0.1, -0.05) is 59.6 Å². The highest BCUT2D eigenvalue weighted by atomic mass is 35.5. The van der Waals surface area contributed by atoms with Crippen LogP contribution in [-0.4, -0.2) is 44.8 Å². The predicted molar refractivity (Wildman–Crippen MR) is 129 cm³/mol. The summed E-state index contributed by atoms with van der Waals surface area (Å²) in [4.78, 5) is 7.63. The molecule has 1 N–H and O–H groups in total. The maximum Gasteiger partial charge on any atom is 0.197 e. The molecule has 2 aromatic carbocycles. The van der Waals surface area contributed by atoms with Gasteiger partial charge in [-0.25, -0.2) is 8.42 Å². The minimum absolute atomic E-state index is 0.0552. The summed E-state index contributed by atoms with van der Waals surface area (Å²) in [6, 6.07) is 17.6. The SMILES string of the molecule is CC(C)S(=O)(=O)c1[nH]c(N2CCN(c3ccccc3)CC2)c(-c2ccccc2Cl)c1Cl. The van der Waals surface area contributed by atoms with Gasteiger partial charge in [0.05, 0.1) is 10.3 Å². The van der Waals surface area contributed by atoms with E-state index < -0.39 is 15.1 Å². The average molecular weight is 478 g/mol. The third kappa shape index (κ3) is 4.16. The van der Waals surface area contributed by atoms with Crippen LogP contribution in [0.25, 0.3) is 11.1 Å². The van der Waals surface area contributed by atoms with Crippen molar-refractivity contribution in [1.82, 2.24) is 4.98 Å². The first-order chi connectivity index (χ1) is 14.8. The molecule has 31 heavy (non-hydrogen) atoms. The molecule has 0 unspecified atom stereocenters. The molecule has 5 nitrogen and oxygen atoms in total. The lowest BCUT2D eigenvalue weighted by atomic mass is 10.1. The van der Waals surface area contributed by atoms with Crippen LogP contribution in [0.1, 0.15) is 13.8 Å². The largest absolute Gasteiger partial charge is 0.368 e. The zero-order chi connectivity index (χ0) is 22.2. The Labute approximate surface area is 193 Å². The second kappa shape index (κ2) is 8.77. The zero-order valence-electron chi connectivity index (χ0n) is 17.5. The number of sulfone groups is 1. The molecule has 0 radical (unpaired) electrons. The summed E-state index contributed by atoms with van der Waals surface area (Å²) in [5, 5.41) is 0.188. The van der Waals surface area contributed by atoms with Gasteiger partial charge >= 0.3 is 0 Å². The lowest BCUT2D eigenvalue weighted by Crippen LogP contribution is -2.46. The number of aromatic nitrogens is 1. The zero-order valence-corrected chi connectivity index (χ0v) is 19.8. The molecule has 1 aliphatic rings. The molecular formula is C23H25Cl2N3O2S. The summed E-state index contributed by atoms with van der Waals surface area (Å²) in [5.74, 6) is 0.699. The molecule has 0 spiro atoms. The molecular weight excluding hydrogens is 453 g/mol. The van der Waals surface area contributed by atoms with E-state index in [1.165, 1.54) is 5.69 Å². The summed E-state index contributed by atoms with van der Waals surface area (Å²) in [6.45, 7) is 6.39. The Morgan fingerprint density at radius 3 is 2.06 bits per heavy atom. The van der Waals surface area contributed by atoms with Gasteiger partial charge < -0.3 is 14.8 Å². The maximum atomic E-state index is 13.0. The van der Waals surface area contributed by atoms with Gasteiger partial charge in [0.2, 0.25) is 0 Å². The number of rotatable bonds is 5. The van der Waals surface area contributed by atoms with Gasteiger partial charge in [-0.15, -0.1) is 0 Å². The Bertz CT molecular complexity index is 1170. The molecule has 8 heteroatoms. The topological polar surface area (TPSA) is 56.4 Å². The Kier molecular flexibility index (Phi) is 6.24. The lowest BCUT2D eigenvalue weighted by Gasteiger charge is -2.37. The van der Waals surface area contributed by atoms with Crippen molar-refractivity contribution < 1.29 is 8.42 Å². The van der Waals surface area contributed by atoms with E-state index in [4.69, 9.17) is 23.2 Å². The second-order valence-electron chi connectivity index (χ2n) is 7.87. The summed E-state index contributed by atoms with van der Waals surface area (Å²) in [6.07, 6.45) is 0. The van der Waals surface area contributed by atoms with Crippen molar-refractivity contribution in [2.24, 2.45) is 0 Å². The van der Waals surface area contributed by atoms with Crippen LogP contribution in [0, 0.1) is 0 Å². The normalized spacial score (nSPS) is 15.0. The number of benzene rings is 2. The standard InChI is InChI=1S/C23H25Cl2N3O2S/c1-16(2)31(29,30)23-21(25)20(18-10-6-7-11-19(18)24)22(26-23)28-14-12-27(13-15-28)17-8-4-3-5-9-17/h3-11,16,26H,12-15H2,1-2H3. The molecule has 1 saturated heterocycles. The van der Waals surface area contributed by atoms with Crippen LogP contribution in [0.4, 0.5) is 11.5 Å². The Hall–Kier alpha value is -2.15. The van der Waals surface area contributed by atoms with Gasteiger partial charge in [0.15, 0.2) is 14.9 Å². The number of aromatic amines is 1. The van der Waals surface area contributed by atoms with Crippen LogP contribution in [0.2, 0.25) is 10.0 Å². The fourth-order valence-electron chi connectivity index (χ4n) is 3.85. The number of hydrogen-bond donors (Lipinski definition) is 1. The maximum absolute atomic E-state index is 13.0. The molecule has 0 amide bonds. The average Bonchev–Trinajstić information content (AvgIpc) is 3.12. The number of hydrogen-bond acceptors (Lipinski definition) is 4. The summed E-state index contributed by atoms with van der Waals surface area (Å²) < 4.78 is 26.0. The summed E-state index contributed by atoms with van der Waals surface area (Å²) in [5.41, 5.74) is 2.54. The number of halogens is 2. The lowest BCUT2D eigenvalue weighted by molar-refractivity contribution is 0.584. The third-order valence-corrected chi connectivity index (χ3v) is 8.59. The molecule has 2 heterocycles. The van der Waals surface area contributed by atoms with Gasteiger partial charge in [-0.05, 0) is 32.0 Å². The van der Waals surface area contributed by atoms with Crippen molar-refractivity contribution in [3.63, 3.8) is 0 Å². The van der Waals surface area contributed by atoms with Gasteiger partial charge in [-0.2, -0.15) is 0 Å². The van der Waals surface area contributed by atoms with E-state index in [1.807, 2.05) is 36.4 Å². The minimum atomic E-state index is -3.59. The van der Waals surface area contributed by atoms with Crippen molar-refractivity contribution in [3.05, 3.63) is 64.6 Å². The first kappa shape index (κ1) is 22.1. The molecule has 1 aromatic heterocycles. The second-order valence-corrected chi connectivity index (χ2v) is 11.1. The first-order valence-electron chi connectivity index (χ1n) is 10.3. The van der Waals surface area contributed by atoms with Gasteiger partial charge in [0, 0.05) is 48.0 Å². The predicted octanol–water partition coefficient (Wildman–Crippen LogP) is 5.50. The van der Waals surface area contributed by atoms with Crippen LogP contribution < -0.4 is 9.80 Å². The van der Waals surface area contributed by atoms with E-state index in [-0.39, 0.29) is 10.0 Å². The van der Waals surface area contributed by atoms with Crippen LogP contribution >= 0.6 is 23.2 Å². The third-order valence-electron chi connectivity index (χ3n) is 5.65. The smallest absolute Gasteiger partial charge is 0.197 e. The number of H-pyrrole nitrogens is 1. The van der Waals surface area contributed by atoms with Gasteiger partial charge in [-0.3, -0.25) is 0 Å². The van der Waals surface area contributed by atoms with Crippen molar-refractivity contribution in [1.29, 1.82) is 0 Å². The van der Waals surface area contributed by atoms with Crippen molar-refractivity contribution in [3.8, 4) is 11.1 Å². The van der Waals surface area contributed by atoms with Crippen LogP contribution in [0.5, 0.6) is 0 Å². The van der Waals surface area contributed by atoms with E-state index in [0.29, 0.717) is 16.4 Å². The molecule has 1 fully saturated rings. The molecule has 0 atom stereocenters. The number of para-hydroxylation sites is 1. The van der Waals surface area contributed by atoms with Gasteiger partial charge in [0.1, 0.15) is 5.82 Å². The highest BCUT2D eigenvalue weighted by molar-refractivity contribution is 7.92. The number of nitrogens with one attached hydrogen (secondary N) is 1. The van der Waals surface area contributed by atoms with Crippen molar-refractivity contribution in [2.45, 2.75) is 24.1 Å². The molecule has 1 aliphatic heterocycles. The fourth-order valence-corrected chi connectivity index (χ4v) is 5.70. The quantitative estimate of drug-likeness (QED) is 0.527. The molecule has 4 rings (SSSR count). The minimum Gasteiger partial charge on any atom is -0.368 e. The molecule has 0 aliphatic carbocycles.